The average molecular weight is 510 g/mol. The molecule has 0 spiro atoms. The van der Waals surface area contributed by atoms with Crippen LogP contribution in [0.4, 0.5) is 0 Å². The molecule has 188 valence electrons. The molecule has 10 heteroatoms. The molecular weight excluding hydrogens is 492 g/mol. The van der Waals surface area contributed by atoms with Gasteiger partial charge in [-0.15, -0.1) is 0 Å². The van der Waals surface area contributed by atoms with E-state index >= 15 is 0 Å². The van der Waals surface area contributed by atoms with E-state index in [0.29, 0.717) is 9.13 Å². The third-order valence-corrected chi connectivity index (χ3v) is 6.30. The second-order valence-electron chi connectivity index (χ2n) is 8.63. The molecule has 38 heavy (non-hydrogen) atoms. The normalized spacial score (nSPS) is 11.2. The van der Waals surface area contributed by atoms with Crippen molar-refractivity contribution in [2.24, 2.45) is 0 Å². The van der Waals surface area contributed by atoms with Crippen molar-refractivity contribution in [1.29, 1.82) is 0 Å². The van der Waals surface area contributed by atoms with Crippen LogP contribution in [-0.2, 0) is 22.7 Å². The van der Waals surface area contributed by atoms with Crippen LogP contribution in [0.25, 0.3) is 43.1 Å². The standard InChI is InChI=1S/C14H8N2O8.C14H10/c17-9(18)3-15-11(21)5-1-6-8(2-7(5)13(15)23)14(24)16(12(6)22)4-10(19)20;1-3-7-13-11(5-1)9-10-12-6-2-4-8-14(12)13/h1-2H,3-4H2,(H,17,18)(H,19,20);1-10H. The van der Waals surface area contributed by atoms with E-state index in [-0.39, 0.29) is 21.5 Å². The van der Waals surface area contributed by atoms with Crippen molar-refractivity contribution in [2.75, 3.05) is 0 Å². The largest absolute Gasteiger partial charge is 0.480 e. The zero-order valence-corrected chi connectivity index (χ0v) is 19.6. The van der Waals surface area contributed by atoms with Gasteiger partial charge >= 0.3 is 11.9 Å². The Balaban J connectivity index is 0.000000177. The monoisotopic (exact) mass is 510 g/mol. The first kappa shape index (κ1) is 24.3. The Hall–Kier alpha value is -5.38. The molecule has 0 radical (unpaired) electrons. The minimum absolute atomic E-state index is 0.196. The molecule has 6 aromatic rings. The number of rotatable bonds is 4. The Bertz CT molecular complexity index is 1900. The highest BCUT2D eigenvalue weighted by molar-refractivity contribution is 6.07. The highest BCUT2D eigenvalue weighted by atomic mass is 16.4. The number of hydrogen-bond acceptors (Lipinski definition) is 6. The van der Waals surface area contributed by atoms with Gasteiger partial charge in [0.25, 0.3) is 22.2 Å². The van der Waals surface area contributed by atoms with Gasteiger partial charge in [0.1, 0.15) is 13.1 Å². The van der Waals surface area contributed by atoms with Crippen LogP contribution in [0.3, 0.4) is 0 Å². The maximum atomic E-state index is 12.1. The van der Waals surface area contributed by atoms with Crippen LogP contribution >= 0.6 is 0 Å². The van der Waals surface area contributed by atoms with Crippen LogP contribution in [0.15, 0.2) is 92.0 Å². The van der Waals surface area contributed by atoms with Crippen molar-refractivity contribution in [3.05, 3.63) is 114 Å². The van der Waals surface area contributed by atoms with Gasteiger partial charge in [-0.3, -0.25) is 37.9 Å². The Morgan fingerprint density at radius 1 is 0.500 bits per heavy atom. The van der Waals surface area contributed by atoms with Gasteiger partial charge < -0.3 is 10.2 Å². The van der Waals surface area contributed by atoms with E-state index in [1.165, 1.54) is 21.5 Å². The topological polar surface area (TPSA) is 153 Å². The summed E-state index contributed by atoms with van der Waals surface area (Å²) in [5, 5.41) is 22.0. The maximum absolute atomic E-state index is 12.1. The fraction of sp³-hybridized carbons (Fsp3) is 0.0714. The smallest absolute Gasteiger partial charge is 0.323 e. The minimum Gasteiger partial charge on any atom is -0.480 e. The van der Waals surface area contributed by atoms with Gasteiger partial charge in [-0.1, -0.05) is 60.7 Å². The summed E-state index contributed by atoms with van der Waals surface area (Å²) in [4.78, 5) is 70.0. The van der Waals surface area contributed by atoms with E-state index in [9.17, 15) is 28.8 Å². The lowest BCUT2D eigenvalue weighted by atomic mass is 10.0. The molecule has 0 unspecified atom stereocenters. The molecule has 4 aromatic carbocycles. The van der Waals surface area contributed by atoms with Gasteiger partial charge in [0.2, 0.25) is 0 Å². The molecule has 2 aromatic heterocycles. The lowest BCUT2D eigenvalue weighted by Gasteiger charge is -2.02. The molecule has 6 rings (SSSR count). The first-order valence-corrected chi connectivity index (χ1v) is 11.4. The Kier molecular flexibility index (Phi) is 5.92. The zero-order valence-electron chi connectivity index (χ0n) is 19.6. The summed E-state index contributed by atoms with van der Waals surface area (Å²) in [6.07, 6.45) is 0. The molecule has 0 atom stereocenters. The summed E-state index contributed by atoms with van der Waals surface area (Å²) in [5.74, 6) is -2.78. The first-order valence-electron chi connectivity index (χ1n) is 11.4. The third-order valence-electron chi connectivity index (χ3n) is 6.30. The van der Waals surface area contributed by atoms with Gasteiger partial charge in [-0.2, -0.15) is 0 Å². The average Bonchev–Trinajstić information content (AvgIpc) is 3.27. The van der Waals surface area contributed by atoms with Crippen molar-refractivity contribution in [1.82, 2.24) is 9.13 Å². The van der Waals surface area contributed by atoms with Gasteiger partial charge in [0, 0.05) is 0 Å². The number of aromatic nitrogens is 2. The number of fused-ring (bicyclic) bond motifs is 5. The summed E-state index contributed by atoms with van der Waals surface area (Å²) in [6.45, 7) is -1.69. The van der Waals surface area contributed by atoms with E-state index in [1.807, 2.05) is 0 Å². The number of carbonyl (C=O) groups is 2. The minimum atomic E-state index is -1.39. The maximum Gasteiger partial charge on any atom is 0.323 e. The fourth-order valence-corrected chi connectivity index (χ4v) is 4.59. The summed E-state index contributed by atoms with van der Waals surface area (Å²) in [5.41, 5.74) is -3.57. The highest BCUT2D eigenvalue weighted by Gasteiger charge is 2.21. The molecule has 0 aliphatic heterocycles. The van der Waals surface area contributed by atoms with Crippen LogP contribution in [-0.4, -0.2) is 31.3 Å². The number of benzene rings is 4. The molecule has 10 nitrogen and oxygen atoms in total. The van der Waals surface area contributed by atoms with Gasteiger partial charge in [-0.25, -0.2) is 0 Å². The lowest BCUT2D eigenvalue weighted by Crippen LogP contribution is -2.29. The van der Waals surface area contributed by atoms with E-state index in [0.717, 1.165) is 12.1 Å². The predicted octanol–water partition coefficient (Wildman–Crippen LogP) is 2.07. The zero-order chi connectivity index (χ0) is 27.1. The SMILES string of the molecule is O=C(O)Cn1c(=O)c2cc3c(=O)n(CC(=O)O)c(=O)c3cc2c1=O.c1ccc2c(c1)ccc1ccccc12. The van der Waals surface area contributed by atoms with Gasteiger partial charge in [0.15, 0.2) is 0 Å². The molecule has 0 fully saturated rings. The molecule has 0 bridgehead atoms. The van der Waals surface area contributed by atoms with Crippen LogP contribution in [0.5, 0.6) is 0 Å². The van der Waals surface area contributed by atoms with Crippen molar-refractivity contribution >= 4 is 55.0 Å². The van der Waals surface area contributed by atoms with Crippen LogP contribution in [0, 0.1) is 0 Å². The molecule has 0 amide bonds. The summed E-state index contributed by atoms with van der Waals surface area (Å²) >= 11 is 0. The molecule has 2 heterocycles. The van der Waals surface area contributed by atoms with E-state index < -0.39 is 47.3 Å². The summed E-state index contributed by atoms with van der Waals surface area (Å²) < 4.78 is 0.984. The summed E-state index contributed by atoms with van der Waals surface area (Å²) in [6, 6.07) is 23.4. The number of carboxylic acids is 2. The molecule has 0 aliphatic rings. The van der Waals surface area contributed by atoms with E-state index in [2.05, 4.69) is 60.7 Å². The molecule has 0 saturated heterocycles. The predicted molar refractivity (Wildman–Crippen MR) is 142 cm³/mol. The number of nitrogens with zero attached hydrogens (tertiary/aromatic N) is 2. The summed E-state index contributed by atoms with van der Waals surface area (Å²) in [7, 11) is 0. The van der Waals surface area contributed by atoms with E-state index in [4.69, 9.17) is 10.2 Å². The van der Waals surface area contributed by atoms with Gasteiger partial charge in [0.05, 0.1) is 21.5 Å². The Morgan fingerprint density at radius 2 is 0.816 bits per heavy atom. The number of hydrogen-bond donors (Lipinski definition) is 2. The molecule has 2 N–H and O–H groups in total. The second-order valence-corrected chi connectivity index (χ2v) is 8.63. The molecule has 0 aliphatic carbocycles. The van der Waals surface area contributed by atoms with Crippen molar-refractivity contribution < 1.29 is 19.8 Å². The van der Waals surface area contributed by atoms with Crippen molar-refractivity contribution in [3.8, 4) is 0 Å². The third kappa shape index (κ3) is 4.03. The van der Waals surface area contributed by atoms with Crippen LogP contribution in [0.1, 0.15) is 0 Å². The number of carboxylic acid groups (broad SMARTS) is 2. The van der Waals surface area contributed by atoms with Gasteiger partial charge in [-0.05, 0) is 33.7 Å². The lowest BCUT2D eigenvalue weighted by molar-refractivity contribution is -0.138. The van der Waals surface area contributed by atoms with E-state index in [1.54, 1.807) is 0 Å². The van der Waals surface area contributed by atoms with Crippen LogP contribution < -0.4 is 22.2 Å². The fourth-order valence-electron chi connectivity index (χ4n) is 4.59. The molecular formula is C28H18N2O8. The first-order chi connectivity index (χ1) is 18.2. The Morgan fingerprint density at radius 3 is 1.13 bits per heavy atom. The van der Waals surface area contributed by atoms with Crippen molar-refractivity contribution in [3.63, 3.8) is 0 Å². The highest BCUT2D eigenvalue weighted by Crippen LogP contribution is 2.24. The van der Waals surface area contributed by atoms with Crippen LogP contribution in [0.2, 0.25) is 0 Å². The van der Waals surface area contributed by atoms with Crippen molar-refractivity contribution in [2.45, 2.75) is 13.1 Å². The second kappa shape index (κ2) is 9.25. The molecule has 0 saturated carbocycles. The number of aliphatic carboxylic acids is 2. The Labute approximate surface area is 211 Å². The quantitative estimate of drug-likeness (QED) is 0.342.